The minimum absolute atomic E-state index is 0.802. The van der Waals surface area contributed by atoms with Gasteiger partial charge in [-0.15, -0.1) is 0 Å². The lowest BCUT2D eigenvalue weighted by molar-refractivity contribution is 0.0801. The molecule has 0 heterocycles. The van der Waals surface area contributed by atoms with Gasteiger partial charge in [0.05, 0.1) is 0 Å². The minimum Gasteiger partial charge on any atom is -0.386 e. The zero-order valence-corrected chi connectivity index (χ0v) is 10.8. The van der Waals surface area contributed by atoms with Gasteiger partial charge in [0.15, 0.2) is 0 Å². The Morgan fingerprint density at radius 1 is 1.12 bits per heavy atom. The van der Waals surface area contributed by atoms with E-state index >= 15 is 0 Å². The van der Waals surface area contributed by atoms with Crippen LogP contribution >= 0.6 is 0 Å². The Balaban J connectivity index is 4.15. The average molecular weight is 224 g/mol. The standard InChI is InChI=1S/C14H24O2/c1-5-7-13(15)14(16)10-12(4)9-6-8-11(2)3/h5,7-8,10,13-16H,6,9H2,1-4H3/b7-5+,12-10+. The van der Waals surface area contributed by atoms with Crippen molar-refractivity contribution >= 4 is 0 Å². The van der Waals surface area contributed by atoms with Crippen LogP contribution in [0.15, 0.2) is 35.5 Å². The molecule has 0 bridgehead atoms. The van der Waals surface area contributed by atoms with Gasteiger partial charge in [-0.3, -0.25) is 0 Å². The Kier molecular flexibility index (Phi) is 7.86. The number of aliphatic hydroxyl groups is 2. The third-order valence-corrected chi connectivity index (χ3v) is 2.29. The predicted molar refractivity (Wildman–Crippen MR) is 69.2 cm³/mol. The van der Waals surface area contributed by atoms with Crippen LogP contribution in [0.3, 0.4) is 0 Å². The summed E-state index contributed by atoms with van der Waals surface area (Å²) in [6.07, 6.45) is 7.52. The molecule has 2 heteroatoms. The van der Waals surface area contributed by atoms with Crippen molar-refractivity contribution < 1.29 is 10.2 Å². The Morgan fingerprint density at radius 2 is 1.75 bits per heavy atom. The Hall–Kier alpha value is -0.860. The Morgan fingerprint density at radius 3 is 2.25 bits per heavy atom. The van der Waals surface area contributed by atoms with Crippen LogP contribution in [0.5, 0.6) is 0 Å². The van der Waals surface area contributed by atoms with E-state index in [-0.39, 0.29) is 0 Å². The third-order valence-electron chi connectivity index (χ3n) is 2.29. The van der Waals surface area contributed by atoms with E-state index in [0.717, 1.165) is 18.4 Å². The molecule has 2 atom stereocenters. The summed E-state index contributed by atoms with van der Waals surface area (Å²) >= 11 is 0. The van der Waals surface area contributed by atoms with E-state index in [1.165, 1.54) is 5.57 Å². The van der Waals surface area contributed by atoms with Crippen molar-refractivity contribution in [2.75, 3.05) is 0 Å². The molecule has 2 unspecified atom stereocenters. The molecule has 0 aliphatic carbocycles. The summed E-state index contributed by atoms with van der Waals surface area (Å²) in [5.74, 6) is 0. The fourth-order valence-corrected chi connectivity index (χ4v) is 1.37. The largest absolute Gasteiger partial charge is 0.386 e. The summed E-state index contributed by atoms with van der Waals surface area (Å²) in [6, 6.07) is 0. The van der Waals surface area contributed by atoms with Gasteiger partial charge in [0.25, 0.3) is 0 Å². The molecule has 0 spiro atoms. The maximum absolute atomic E-state index is 9.63. The van der Waals surface area contributed by atoms with Crippen LogP contribution in [-0.2, 0) is 0 Å². The lowest BCUT2D eigenvalue weighted by Gasteiger charge is -2.11. The predicted octanol–water partition coefficient (Wildman–Crippen LogP) is 2.98. The third kappa shape index (κ3) is 7.43. The average Bonchev–Trinajstić information content (AvgIpc) is 2.17. The van der Waals surface area contributed by atoms with Crippen LogP contribution in [-0.4, -0.2) is 22.4 Å². The van der Waals surface area contributed by atoms with Gasteiger partial charge in [0, 0.05) is 0 Å². The molecule has 2 N–H and O–H groups in total. The topological polar surface area (TPSA) is 40.5 Å². The van der Waals surface area contributed by atoms with Gasteiger partial charge < -0.3 is 10.2 Å². The molecule has 0 aromatic carbocycles. The molecule has 0 aromatic rings. The lowest BCUT2D eigenvalue weighted by Crippen LogP contribution is -2.21. The molecule has 92 valence electrons. The van der Waals surface area contributed by atoms with Crippen molar-refractivity contribution in [1.82, 2.24) is 0 Å². The van der Waals surface area contributed by atoms with E-state index in [0.29, 0.717) is 0 Å². The van der Waals surface area contributed by atoms with Crippen molar-refractivity contribution in [3.63, 3.8) is 0 Å². The van der Waals surface area contributed by atoms with E-state index < -0.39 is 12.2 Å². The quantitative estimate of drug-likeness (QED) is 0.681. The van der Waals surface area contributed by atoms with E-state index in [2.05, 4.69) is 19.9 Å². The molecule has 0 aliphatic rings. The van der Waals surface area contributed by atoms with Crippen molar-refractivity contribution in [1.29, 1.82) is 0 Å². The Labute approximate surface area is 99.0 Å². The second-order valence-corrected chi connectivity index (χ2v) is 4.34. The summed E-state index contributed by atoms with van der Waals surface area (Å²) in [6.45, 7) is 7.94. The van der Waals surface area contributed by atoms with Gasteiger partial charge >= 0.3 is 0 Å². The number of hydrogen-bond acceptors (Lipinski definition) is 2. The normalized spacial score (nSPS) is 16.2. The fraction of sp³-hybridized carbons (Fsp3) is 0.571. The smallest absolute Gasteiger partial charge is 0.102 e. The van der Waals surface area contributed by atoms with Gasteiger partial charge in [-0.2, -0.15) is 0 Å². The van der Waals surface area contributed by atoms with Gasteiger partial charge in [-0.25, -0.2) is 0 Å². The lowest BCUT2D eigenvalue weighted by atomic mass is 10.1. The maximum atomic E-state index is 9.63. The highest BCUT2D eigenvalue weighted by molar-refractivity contribution is 5.08. The second-order valence-electron chi connectivity index (χ2n) is 4.34. The maximum Gasteiger partial charge on any atom is 0.102 e. The Bertz CT molecular complexity index is 270. The zero-order chi connectivity index (χ0) is 12.6. The van der Waals surface area contributed by atoms with Crippen LogP contribution < -0.4 is 0 Å². The van der Waals surface area contributed by atoms with Crippen LogP contribution in [0.4, 0.5) is 0 Å². The summed E-state index contributed by atoms with van der Waals surface area (Å²) in [5.41, 5.74) is 2.41. The first-order valence-corrected chi connectivity index (χ1v) is 5.77. The van der Waals surface area contributed by atoms with E-state index in [1.54, 1.807) is 18.2 Å². The van der Waals surface area contributed by atoms with Crippen molar-refractivity contribution in [2.45, 2.75) is 52.7 Å². The van der Waals surface area contributed by atoms with Gasteiger partial charge in [0.2, 0.25) is 0 Å². The van der Waals surface area contributed by atoms with Crippen molar-refractivity contribution in [2.24, 2.45) is 0 Å². The number of hydrogen-bond donors (Lipinski definition) is 2. The molecule has 0 rings (SSSR count). The number of rotatable bonds is 6. The van der Waals surface area contributed by atoms with E-state index in [9.17, 15) is 10.2 Å². The summed E-state index contributed by atoms with van der Waals surface area (Å²) in [7, 11) is 0. The summed E-state index contributed by atoms with van der Waals surface area (Å²) in [5, 5.41) is 19.1. The van der Waals surface area contributed by atoms with Crippen LogP contribution in [0.2, 0.25) is 0 Å². The molecule has 0 amide bonds. The SMILES string of the molecule is C/C=C/C(O)C(O)/C=C(\C)CCC=C(C)C. The van der Waals surface area contributed by atoms with Gasteiger partial charge in [-0.05, 0) is 40.5 Å². The van der Waals surface area contributed by atoms with E-state index in [4.69, 9.17) is 0 Å². The van der Waals surface area contributed by atoms with Crippen molar-refractivity contribution in [3.8, 4) is 0 Å². The molecule has 0 aliphatic heterocycles. The first-order valence-electron chi connectivity index (χ1n) is 5.77. The molecular weight excluding hydrogens is 200 g/mol. The molecular formula is C14H24O2. The first kappa shape index (κ1) is 15.1. The highest BCUT2D eigenvalue weighted by Crippen LogP contribution is 2.09. The number of aliphatic hydroxyl groups excluding tert-OH is 2. The molecule has 16 heavy (non-hydrogen) atoms. The van der Waals surface area contributed by atoms with Gasteiger partial charge in [0.1, 0.15) is 12.2 Å². The summed E-state index contributed by atoms with van der Waals surface area (Å²) < 4.78 is 0. The molecule has 0 fully saturated rings. The molecule has 0 aromatic heterocycles. The molecule has 0 radical (unpaired) electrons. The highest BCUT2D eigenvalue weighted by Gasteiger charge is 2.09. The van der Waals surface area contributed by atoms with Gasteiger partial charge in [-0.1, -0.05) is 35.5 Å². The van der Waals surface area contributed by atoms with Crippen molar-refractivity contribution in [3.05, 3.63) is 35.5 Å². The highest BCUT2D eigenvalue weighted by atomic mass is 16.3. The summed E-state index contributed by atoms with van der Waals surface area (Å²) in [4.78, 5) is 0. The minimum atomic E-state index is -0.803. The number of allylic oxidation sites excluding steroid dienone is 4. The van der Waals surface area contributed by atoms with Crippen LogP contribution in [0.25, 0.3) is 0 Å². The van der Waals surface area contributed by atoms with E-state index in [1.807, 2.05) is 13.8 Å². The van der Waals surface area contributed by atoms with Crippen LogP contribution in [0, 0.1) is 0 Å². The van der Waals surface area contributed by atoms with Crippen LogP contribution in [0.1, 0.15) is 40.5 Å². The molecule has 2 nitrogen and oxygen atoms in total. The first-order chi connectivity index (χ1) is 7.47. The fourth-order valence-electron chi connectivity index (χ4n) is 1.37. The zero-order valence-electron chi connectivity index (χ0n) is 10.8. The second kappa shape index (κ2) is 8.31. The monoisotopic (exact) mass is 224 g/mol. The molecule has 0 saturated carbocycles. The molecule has 0 saturated heterocycles.